The molecule has 9 nitrogen and oxygen atoms in total. The molecule has 14 aromatic carbocycles. The molecule has 10 heteroatoms. The Morgan fingerprint density at radius 1 is 0.220 bits per heavy atom. The van der Waals surface area contributed by atoms with Gasteiger partial charge in [-0.15, -0.1) is 0 Å². The third-order valence-electron chi connectivity index (χ3n) is 19.5. The summed E-state index contributed by atoms with van der Waals surface area (Å²) in [5.74, 6) is 3.50. The Balaban J connectivity index is 0.739. The van der Waals surface area contributed by atoms with Gasteiger partial charge in [0.15, 0.2) is 34.9 Å². The lowest BCUT2D eigenvalue weighted by Crippen LogP contribution is -2.61. The van der Waals surface area contributed by atoms with Gasteiger partial charge in [0.05, 0.1) is 16.7 Å². The van der Waals surface area contributed by atoms with E-state index in [9.17, 15) is 0 Å². The molecule has 0 radical (unpaired) electrons. The van der Waals surface area contributed by atoms with Crippen LogP contribution in [0.2, 0.25) is 0 Å². The topological polar surface area (TPSA) is 88.8 Å². The van der Waals surface area contributed by atoms with E-state index in [1.807, 2.05) is 97.1 Å². The highest BCUT2D eigenvalue weighted by atomic mass is 15.2. The van der Waals surface area contributed by atoms with Crippen LogP contribution in [0.1, 0.15) is 0 Å². The van der Waals surface area contributed by atoms with Crippen molar-refractivity contribution in [3.05, 3.63) is 352 Å². The molecule has 5 heterocycles. The normalized spacial score (nSPS) is 12.1. The summed E-state index contributed by atoms with van der Waals surface area (Å²) in [6, 6.07) is 125. The molecule has 0 atom stereocenters. The number of anilines is 6. The molecule has 2 aliphatic heterocycles. The van der Waals surface area contributed by atoms with E-state index in [1.54, 1.807) is 0 Å². The second kappa shape index (κ2) is 24.3. The van der Waals surface area contributed by atoms with Gasteiger partial charge in [0, 0.05) is 83.8 Å². The Bertz CT molecular complexity index is 5870. The highest BCUT2D eigenvalue weighted by Crippen LogP contribution is 2.46. The van der Waals surface area contributed by atoms with Crippen molar-refractivity contribution in [2.24, 2.45) is 0 Å². The molecule has 466 valence electrons. The number of fused-ring (bicyclic) bond motifs is 7. The molecule has 3 aromatic heterocycles. The number of aromatic nitrogens is 7. The van der Waals surface area contributed by atoms with Crippen molar-refractivity contribution < 1.29 is 0 Å². The first-order chi connectivity index (χ1) is 49.6. The molecule has 100 heavy (non-hydrogen) atoms. The van der Waals surface area contributed by atoms with Crippen LogP contribution in [0.5, 0.6) is 0 Å². The Morgan fingerprint density at radius 3 is 1.14 bits per heavy atom. The average Bonchev–Trinajstić information content (AvgIpc) is 0.734. The van der Waals surface area contributed by atoms with Crippen molar-refractivity contribution in [1.29, 1.82) is 0 Å². The van der Waals surface area contributed by atoms with Crippen molar-refractivity contribution in [1.82, 2.24) is 34.5 Å². The largest absolute Gasteiger partial charge is 0.311 e. The van der Waals surface area contributed by atoms with Gasteiger partial charge in [0.25, 0.3) is 6.71 Å². The number of nitrogens with zero attached hydrogens (tertiary/aromatic N) is 9. The molecule has 17 aromatic rings. The lowest BCUT2D eigenvalue weighted by molar-refractivity contribution is 1.06. The van der Waals surface area contributed by atoms with Gasteiger partial charge < -0.3 is 14.4 Å². The molecule has 0 N–H and O–H groups in total. The van der Waals surface area contributed by atoms with Gasteiger partial charge in [0.1, 0.15) is 0 Å². The highest BCUT2D eigenvalue weighted by Gasteiger charge is 2.43. The number of hydrogen-bond acceptors (Lipinski definition) is 8. The third kappa shape index (κ3) is 10.0. The highest BCUT2D eigenvalue weighted by molar-refractivity contribution is 7.00. The summed E-state index contributed by atoms with van der Waals surface area (Å²) in [5.41, 5.74) is 25.6. The zero-order valence-electron chi connectivity index (χ0n) is 54.1. The number of rotatable bonds is 12. The summed E-state index contributed by atoms with van der Waals surface area (Å²) in [6.45, 7) is 0.0733. The summed E-state index contributed by atoms with van der Waals surface area (Å²) >= 11 is 0. The van der Waals surface area contributed by atoms with Crippen molar-refractivity contribution in [2.45, 2.75) is 0 Å². The quantitative estimate of drug-likeness (QED) is 0.112. The van der Waals surface area contributed by atoms with Gasteiger partial charge in [0.2, 0.25) is 0 Å². The Kier molecular flexibility index (Phi) is 14.1. The van der Waals surface area contributed by atoms with Gasteiger partial charge in [-0.25, -0.2) is 29.9 Å². The SMILES string of the molecule is c1ccc(-c2nc(-c3ccccc3)nc(-c3ccc4c(c3)c3ccccc3n4-c3c(-c4cccc(-c5cccc(-c6ccc(N7c8ccccc8B8c9ccccc9N(c9ccccc9)c9cccc7c98)cc6)c5)c4)cccc3-c3nc(-c4ccccc4)nc(-c4ccccc4)n3)n2)cc1. The first kappa shape index (κ1) is 58.0. The van der Waals surface area contributed by atoms with E-state index in [1.165, 1.54) is 39.1 Å². The maximum Gasteiger partial charge on any atom is 0.252 e. The minimum atomic E-state index is 0.0733. The van der Waals surface area contributed by atoms with Crippen LogP contribution in [0.25, 0.3) is 129 Å². The fourth-order valence-corrected chi connectivity index (χ4v) is 14.9. The van der Waals surface area contributed by atoms with Crippen molar-refractivity contribution >= 4 is 79.0 Å². The van der Waals surface area contributed by atoms with Crippen LogP contribution in [0.3, 0.4) is 0 Å². The van der Waals surface area contributed by atoms with Crippen LogP contribution in [-0.2, 0) is 0 Å². The lowest BCUT2D eigenvalue weighted by atomic mass is 9.33. The van der Waals surface area contributed by atoms with Crippen LogP contribution in [0, 0.1) is 0 Å². The number of hydrogen-bond donors (Lipinski definition) is 0. The predicted molar refractivity (Wildman–Crippen MR) is 410 cm³/mol. The Morgan fingerprint density at radius 2 is 0.590 bits per heavy atom. The van der Waals surface area contributed by atoms with E-state index >= 15 is 0 Å². The van der Waals surface area contributed by atoms with Gasteiger partial charge >= 0.3 is 0 Å². The average molecular weight is 1280 g/mol. The molecule has 0 amide bonds. The number of benzene rings is 14. The monoisotopic (exact) mass is 1280 g/mol. The zero-order valence-corrected chi connectivity index (χ0v) is 54.1. The summed E-state index contributed by atoms with van der Waals surface area (Å²) in [4.78, 5) is 36.3. The Hall–Kier alpha value is -13.4. The Labute approximate surface area is 579 Å². The molecule has 0 bridgehead atoms. The second-order valence-corrected chi connectivity index (χ2v) is 25.3. The molecule has 19 rings (SSSR count). The predicted octanol–water partition coefficient (Wildman–Crippen LogP) is 20.2. The molecular formula is C90H58BN9. The van der Waals surface area contributed by atoms with Crippen LogP contribution < -0.4 is 26.2 Å². The maximum atomic E-state index is 5.41. The first-order valence-electron chi connectivity index (χ1n) is 33.8. The van der Waals surface area contributed by atoms with Crippen LogP contribution in [-0.4, -0.2) is 41.2 Å². The van der Waals surface area contributed by atoms with Gasteiger partial charge in [-0.3, -0.25) is 0 Å². The molecule has 0 saturated heterocycles. The molecule has 0 aliphatic carbocycles. The molecular weight excluding hydrogens is 1220 g/mol. The van der Waals surface area contributed by atoms with Crippen LogP contribution in [0.15, 0.2) is 352 Å². The van der Waals surface area contributed by atoms with Gasteiger partial charge in [-0.2, -0.15) is 0 Å². The fourth-order valence-electron chi connectivity index (χ4n) is 14.9. The van der Waals surface area contributed by atoms with E-state index in [-0.39, 0.29) is 6.71 Å². The van der Waals surface area contributed by atoms with Crippen molar-refractivity contribution in [2.75, 3.05) is 9.80 Å². The van der Waals surface area contributed by atoms with E-state index in [4.69, 9.17) is 29.9 Å². The summed E-state index contributed by atoms with van der Waals surface area (Å²) in [7, 11) is 0. The van der Waals surface area contributed by atoms with E-state index < -0.39 is 0 Å². The van der Waals surface area contributed by atoms with E-state index in [2.05, 4.69) is 269 Å². The lowest BCUT2D eigenvalue weighted by Gasteiger charge is -2.44. The van der Waals surface area contributed by atoms with E-state index in [0.717, 1.165) is 106 Å². The minimum absolute atomic E-state index is 0.0733. The molecule has 0 fully saturated rings. The van der Waals surface area contributed by atoms with Crippen LogP contribution in [0.4, 0.5) is 34.1 Å². The molecule has 0 saturated carbocycles. The van der Waals surface area contributed by atoms with Crippen molar-refractivity contribution in [3.63, 3.8) is 0 Å². The standard InChI is InChI=1S/C90H58BN9/c1-6-26-60(27-7-1)85-92-86(61-28-8-2-9-29-61)95-89(94-85)68-52-55-78-74(58-68)72-40-16-19-45-77(72)100(78)84-71(41-24-42-73(84)90-96-87(62-30-10-3-11-31-62)93-88(97-90)63-32-12-4-13-33-63)67-37-23-36-66(57-67)65-35-22-34-64(56-65)59-50-53-70(54-51-59)99-80-47-21-18-44-76(80)91-75-43-17-20-46-79(75)98(69-38-14-5-15-39-69)81-48-25-49-82(99)83(81)91/h1-58H. The smallest absolute Gasteiger partial charge is 0.252 e. The van der Waals surface area contributed by atoms with Gasteiger partial charge in [-0.1, -0.05) is 261 Å². The zero-order chi connectivity index (χ0) is 66.0. The second-order valence-electron chi connectivity index (χ2n) is 25.3. The number of para-hydroxylation sites is 5. The fraction of sp³-hybridized carbons (Fsp3) is 0. The third-order valence-corrected chi connectivity index (χ3v) is 19.5. The van der Waals surface area contributed by atoms with Crippen LogP contribution >= 0.6 is 0 Å². The van der Waals surface area contributed by atoms with Crippen molar-refractivity contribution in [3.8, 4) is 107 Å². The van der Waals surface area contributed by atoms with Gasteiger partial charge in [-0.05, 0) is 135 Å². The maximum absolute atomic E-state index is 5.41. The first-order valence-corrected chi connectivity index (χ1v) is 33.8. The summed E-state index contributed by atoms with van der Waals surface area (Å²) < 4.78 is 2.40. The molecule has 0 unspecified atom stereocenters. The summed E-state index contributed by atoms with van der Waals surface area (Å²) in [5, 5.41) is 2.11. The van der Waals surface area contributed by atoms with E-state index in [0.29, 0.717) is 34.9 Å². The summed E-state index contributed by atoms with van der Waals surface area (Å²) in [6.07, 6.45) is 0. The molecule has 0 spiro atoms. The minimum Gasteiger partial charge on any atom is -0.311 e. The molecule has 2 aliphatic rings.